The van der Waals surface area contributed by atoms with E-state index in [2.05, 4.69) is 5.32 Å². The number of aryl methyl sites for hydroxylation is 1. The molecule has 1 aliphatic rings. The highest BCUT2D eigenvalue weighted by molar-refractivity contribution is 7.99. The van der Waals surface area contributed by atoms with Crippen molar-refractivity contribution in [1.82, 2.24) is 0 Å². The summed E-state index contributed by atoms with van der Waals surface area (Å²) in [6.45, 7) is 0. The van der Waals surface area contributed by atoms with E-state index in [-0.39, 0.29) is 5.91 Å². The van der Waals surface area contributed by atoms with Crippen LogP contribution in [-0.2, 0) is 17.6 Å². The molecule has 138 valence electrons. The van der Waals surface area contributed by atoms with Crippen LogP contribution in [0.25, 0.3) is 0 Å². The molecule has 0 atom stereocenters. The number of nitrogens with two attached hydrogens (primary N) is 1. The summed E-state index contributed by atoms with van der Waals surface area (Å²) in [4.78, 5) is 26.4. The minimum absolute atomic E-state index is 0.0906. The van der Waals surface area contributed by atoms with E-state index >= 15 is 0 Å². The molecule has 26 heavy (non-hydrogen) atoms. The highest BCUT2D eigenvalue weighted by Gasteiger charge is 2.24. The molecule has 0 radical (unpaired) electrons. The Morgan fingerprint density at radius 2 is 1.96 bits per heavy atom. The smallest absolute Gasteiger partial charge is 0.251 e. The third kappa shape index (κ3) is 4.40. The van der Waals surface area contributed by atoms with Crippen LogP contribution in [0.15, 0.2) is 29.2 Å². The maximum atomic E-state index is 12.3. The Kier molecular flexibility index (Phi) is 6.21. The second-order valence-electron chi connectivity index (χ2n) is 6.10. The zero-order valence-electron chi connectivity index (χ0n) is 14.7. The number of anilines is 1. The van der Waals surface area contributed by atoms with Crippen molar-refractivity contribution in [2.45, 2.75) is 37.0 Å². The minimum Gasteiger partial charge on any atom is -0.497 e. The number of ether oxygens (including phenoxy) is 1. The van der Waals surface area contributed by atoms with Crippen LogP contribution in [0.5, 0.6) is 5.75 Å². The van der Waals surface area contributed by atoms with Gasteiger partial charge in [-0.25, -0.2) is 0 Å². The third-order valence-corrected chi connectivity index (χ3v) is 6.55. The molecule has 1 aliphatic carbocycles. The zero-order valence-corrected chi connectivity index (χ0v) is 16.3. The van der Waals surface area contributed by atoms with Gasteiger partial charge in [0.1, 0.15) is 10.8 Å². The van der Waals surface area contributed by atoms with Crippen molar-refractivity contribution in [3.63, 3.8) is 0 Å². The highest BCUT2D eigenvalue weighted by Crippen LogP contribution is 2.38. The number of amides is 2. The molecule has 0 bridgehead atoms. The molecule has 1 heterocycles. The largest absolute Gasteiger partial charge is 0.497 e. The number of carbonyl (C=O) groups excluding carboxylic acids is 2. The molecule has 5 nitrogen and oxygen atoms in total. The van der Waals surface area contributed by atoms with E-state index in [1.165, 1.54) is 16.2 Å². The van der Waals surface area contributed by atoms with E-state index < -0.39 is 5.91 Å². The molecule has 0 saturated carbocycles. The number of hydrogen-bond acceptors (Lipinski definition) is 5. The predicted octanol–water partition coefficient (Wildman–Crippen LogP) is 3.86. The summed E-state index contributed by atoms with van der Waals surface area (Å²) in [7, 11) is 1.63. The molecule has 0 unspecified atom stereocenters. The van der Waals surface area contributed by atoms with Gasteiger partial charge in [0.25, 0.3) is 5.91 Å². The van der Waals surface area contributed by atoms with Crippen molar-refractivity contribution in [3.8, 4) is 5.75 Å². The monoisotopic (exact) mass is 390 g/mol. The molecule has 3 N–H and O–H groups in total. The number of thiophene rings is 1. The number of carbonyl (C=O) groups is 2. The van der Waals surface area contributed by atoms with Gasteiger partial charge in [-0.15, -0.1) is 23.1 Å². The summed E-state index contributed by atoms with van der Waals surface area (Å²) in [5.41, 5.74) is 7.11. The lowest BCUT2D eigenvalue weighted by molar-refractivity contribution is -0.115. The summed E-state index contributed by atoms with van der Waals surface area (Å²) in [5, 5.41) is 3.51. The summed E-state index contributed by atoms with van der Waals surface area (Å²) in [5.74, 6) is 0.932. The Balaban J connectivity index is 1.58. The number of rotatable bonds is 7. The van der Waals surface area contributed by atoms with Crippen LogP contribution in [0.2, 0.25) is 0 Å². The number of hydrogen-bond donors (Lipinski definition) is 2. The van der Waals surface area contributed by atoms with Crippen molar-refractivity contribution in [2.24, 2.45) is 5.73 Å². The van der Waals surface area contributed by atoms with Gasteiger partial charge in [0.2, 0.25) is 5.91 Å². The molecule has 2 aromatic rings. The van der Waals surface area contributed by atoms with E-state index in [1.54, 1.807) is 18.9 Å². The number of fused-ring (bicyclic) bond motifs is 1. The molecule has 2 amide bonds. The lowest BCUT2D eigenvalue weighted by atomic mass is 9.95. The Morgan fingerprint density at radius 1 is 1.23 bits per heavy atom. The molecule has 0 fully saturated rings. The van der Waals surface area contributed by atoms with Crippen molar-refractivity contribution in [1.29, 1.82) is 0 Å². The highest BCUT2D eigenvalue weighted by atomic mass is 32.2. The normalized spacial score (nSPS) is 13.1. The summed E-state index contributed by atoms with van der Waals surface area (Å²) < 4.78 is 5.13. The molecule has 3 rings (SSSR count). The van der Waals surface area contributed by atoms with Crippen molar-refractivity contribution >= 4 is 39.9 Å². The standard InChI is InChI=1S/C19H22N2O3S2/c1-24-12-6-8-13(9-7-12)25-11-10-16(22)21-19-17(18(20)23)14-4-2-3-5-15(14)26-19/h6-9H,2-5,10-11H2,1H3,(H2,20,23)(H,21,22). The number of methoxy groups -OCH3 is 1. The van der Waals surface area contributed by atoms with Gasteiger partial charge in [-0.05, 0) is 55.5 Å². The quantitative estimate of drug-likeness (QED) is 0.704. The van der Waals surface area contributed by atoms with Gasteiger partial charge in [0, 0.05) is 21.9 Å². The molecular weight excluding hydrogens is 368 g/mol. The maximum Gasteiger partial charge on any atom is 0.251 e. The molecule has 1 aromatic heterocycles. The Labute approximate surface area is 161 Å². The molecule has 0 spiro atoms. The first-order chi connectivity index (χ1) is 12.6. The second-order valence-corrected chi connectivity index (χ2v) is 8.37. The van der Waals surface area contributed by atoms with Crippen LogP contribution in [0, 0.1) is 0 Å². The summed E-state index contributed by atoms with van der Waals surface area (Å²) >= 11 is 3.11. The van der Waals surface area contributed by atoms with Crippen LogP contribution in [-0.4, -0.2) is 24.7 Å². The van der Waals surface area contributed by atoms with Gasteiger partial charge >= 0.3 is 0 Å². The van der Waals surface area contributed by atoms with Gasteiger partial charge in [0.15, 0.2) is 0 Å². The van der Waals surface area contributed by atoms with E-state index in [9.17, 15) is 9.59 Å². The maximum absolute atomic E-state index is 12.3. The average Bonchev–Trinajstić information content (AvgIpc) is 3.00. The van der Waals surface area contributed by atoms with Crippen molar-refractivity contribution in [2.75, 3.05) is 18.2 Å². The van der Waals surface area contributed by atoms with Gasteiger partial charge in [-0.1, -0.05) is 0 Å². The topological polar surface area (TPSA) is 81.4 Å². The third-order valence-electron chi connectivity index (χ3n) is 4.33. The average molecular weight is 391 g/mol. The first-order valence-electron chi connectivity index (χ1n) is 8.59. The van der Waals surface area contributed by atoms with Crippen molar-refractivity contribution < 1.29 is 14.3 Å². The Hall–Kier alpha value is -1.99. The van der Waals surface area contributed by atoms with Crippen LogP contribution in [0.4, 0.5) is 5.00 Å². The van der Waals surface area contributed by atoms with Gasteiger partial charge in [0.05, 0.1) is 12.7 Å². The van der Waals surface area contributed by atoms with E-state index in [4.69, 9.17) is 10.5 Å². The van der Waals surface area contributed by atoms with E-state index in [0.717, 1.165) is 41.9 Å². The number of primary amides is 1. The zero-order chi connectivity index (χ0) is 18.5. The fourth-order valence-electron chi connectivity index (χ4n) is 3.04. The molecule has 0 saturated heterocycles. The molecule has 1 aromatic carbocycles. The molecule has 0 aliphatic heterocycles. The fourth-order valence-corrected chi connectivity index (χ4v) is 5.20. The minimum atomic E-state index is -0.452. The number of benzene rings is 1. The van der Waals surface area contributed by atoms with Crippen molar-refractivity contribution in [3.05, 3.63) is 40.3 Å². The van der Waals surface area contributed by atoms with Gasteiger partial charge in [-0.3, -0.25) is 9.59 Å². The molecule has 7 heteroatoms. The fraction of sp³-hybridized carbons (Fsp3) is 0.368. The van der Waals surface area contributed by atoms with Crippen LogP contribution in [0.1, 0.15) is 40.1 Å². The van der Waals surface area contributed by atoms with E-state index in [0.29, 0.717) is 22.7 Å². The van der Waals surface area contributed by atoms with Crippen LogP contribution >= 0.6 is 23.1 Å². The predicted molar refractivity (Wildman–Crippen MR) is 106 cm³/mol. The lowest BCUT2D eigenvalue weighted by Crippen LogP contribution is -2.18. The summed E-state index contributed by atoms with van der Waals surface area (Å²) in [6.07, 6.45) is 4.39. The van der Waals surface area contributed by atoms with Crippen LogP contribution < -0.4 is 15.8 Å². The first-order valence-corrected chi connectivity index (χ1v) is 10.4. The second kappa shape index (κ2) is 8.60. The van der Waals surface area contributed by atoms with E-state index in [1.807, 2.05) is 24.3 Å². The Bertz CT molecular complexity index is 800. The Morgan fingerprint density at radius 3 is 2.65 bits per heavy atom. The van der Waals surface area contributed by atoms with Gasteiger partial charge in [-0.2, -0.15) is 0 Å². The molecular formula is C19H22N2O3S2. The van der Waals surface area contributed by atoms with Crippen LogP contribution in [0.3, 0.4) is 0 Å². The summed E-state index contributed by atoms with van der Waals surface area (Å²) in [6, 6.07) is 7.75. The van der Waals surface area contributed by atoms with Gasteiger partial charge < -0.3 is 15.8 Å². The first kappa shape index (κ1) is 18.8. The number of thioether (sulfide) groups is 1. The number of nitrogens with one attached hydrogen (secondary N) is 1. The lowest BCUT2D eigenvalue weighted by Gasteiger charge is -2.11. The SMILES string of the molecule is COc1ccc(SCCC(=O)Nc2sc3c(c2C(N)=O)CCCC3)cc1.